The fourth-order valence-electron chi connectivity index (χ4n) is 6.01. The van der Waals surface area contributed by atoms with Crippen molar-refractivity contribution in [2.45, 2.75) is 174 Å². The van der Waals surface area contributed by atoms with Gasteiger partial charge in [-0.2, -0.15) is 0 Å². The minimum absolute atomic E-state index is 0.0159. The van der Waals surface area contributed by atoms with Crippen molar-refractivity contribution in [3.63, 3.8) is 0 Å². The highest BCUT2D eigenvalue weighted by atomic mass is 16.6. The van der Waals surface area contributed by atoms with Gasteiger partial charge >= 0.3 is 11.9 Å². The van der Waals surface area contributed by atoms with Gasteiger partial charge in [-0.15, -0.1) is 0 Å². The molecule has 0 heterocycles. The van der Waals surface area contributed by atoms with Crippen LogP contribution in [0, 0.1) is 0 Å². The maximum absolute atomic E-state index is 12.7. The summed E-state index contributed by atoms with van der Waals surface area (Å²) in [6.45, 7) is 4.46. The summed E-state index contributed by atoms with van der Waals surface area (Å²) in [5.41, 5.74) is 0. The van der Waals surface area contributed by atoms with Crippen LogP contribution in [0.2, 0.25) is 0 Å². The molecule has 0 aromatic heterocycles. The first kappa shape index (κ1) is 54.5. The highest BCUT2D eigenvalue weighted by Crippen LogP contribution is 2.12. The molecule has 0 saturated carbocycles. The van der Waals surface area contributed by atoms with Crippen LogP contribution in [0.15, 0.2) is 85.1 Å². The lowest BCUT2D eigenvalue weighted by atomic mass is 10.1. The lowest BCUT2D eigenvalue weighted by Gasteiger charge is -2.34. The number of likely N-dealkylation sites (N-methyl/N-ethyl adjacent to an activating group) is 1. The van der Waals surface area contributed by atoms with Crippen molar-refractivity contribution in [1.82, 2.24) is 0 Å². The third-order valence-corrected chi connectivity index (χ3v) is 9.52. The van der Waals surface area contributed by atoms with Gasteiger partial charge in [-0.05, 0) is 89.9 Å². The molecule has 0 aliphatic carbocycles. The highest BCUT2D eigenvalue weighted by molar-refractivity contribution is 5.70. The summed E-state index contributed by atoms with van der Waals surface area (Å²) in [4.78, 5) is 36.8. The van der Waals surface area contributed by atoms with Crippen LogP contribution < -0.4 is 5.11 Å². The molecule has 0 saturated heterocycles. The number of esters is 2. The molecule has 0 bridgehead atoms. The van der Waals surface area contributed by atoms with Crippen molar-refractivity contribution in [2.75, 3.05) is 41.0 Å². The van der Waals surface area contributed by atoms with Crippen molar-refractivity contribution >= 4 is 17.9 Å². The van der Waals surface area contributed by atoms with Crippen LogP contribution in [0.3, 0.4) is 0 Å². The summed E-state index contributed by atoms with van der Waals surface area (Å²) >= 11 is 0. The number of hydrogen-bond donors (Lipinski definition) is 0. The fraction of sp³-hybridized carbons (Fsp3) is 0.660. The Morgan fingerprint density at radius 1 is 0.534 bits per heavy atom. The molecule has 0 aromatic rings. The Morgan fingerprint density at radius 2 is 0.966 bits per heavy atom. The molecule has 0 amide bonds. The molecule has 330 valence electrons. The first-order chi connectivity index (χ1) is 28.1. The van der Waals surface area contributed by atoms with Gasteiger partial charge in [0, 0.05) is 19.3 Å². The molecule has 0 radical (unpaired) electrons. The van der Waals surface area contributed by atoms with Crippen LogP contribution in [-0.4, -0.2) is 75.5 Å². The van der Waals surface area contributed by atoms with Gasteiger partial charge in [-0.25, -0.2) is 0 Å². The van der Waals surface area contributed by atoms with Gasteiger partial charge < -0.3 is 28.6 Å². The lowest BCUT2D eigenvalue weighted by molar-refractivity contribution is -0.889. The van der Waals surface area contributed by atoms with E-state index in [1.807, 2.05) is 0 Å². The van der Waals surface area contributed by atoms with E-state index < -0.39 is 18.1 Å². The van der Waals surface area contributed by atoms with Crippen molar-refractivity contribution in [3.05, 3.63) is 85.1 Å². The maximum atomic E-state index is 12.7. The summed E-state index contributed by atoms with van der Waals surface area (Å²) in [6, 6.07) is -0.739. The van der Waals surface area contributed by atoms with Gasteiger partial charge in [0.05, 0.1) is 40.3 Å². The summed E-state index contributed by atoms with van der Waals surface area (Å²) in [5, 5.41) is 11.6. The minimum Gasteiger partial charge on any atom is -0.544 e. The van der Waals surface area contributed by atoms with E-state index in [1.165, 1.54) is 38.5 Å². The number of quaternary nitrogens is 1. The van der Waals surface area contributed by atoms with Crippen LogP contribution in [0.1, 0.15) is 162 Å². The van der Waals surface area contributed by atoms with E-state index in [0.29, 0.717) is 6.42 Å². The quantitative estimate of drug-likeness (QED) is 0.0264. The molecule has 2 unspecified atom stereocenters. The van der Waals surface area contributed by atoms with Crippen LogP contribution in [0.4, 0.5) is 0 Å². The molecule has 0 rings (SSSR count). The molecule has 2 atom stereocenters. The largest absolute Gasteiger partial charge is 0.544 e. The number of allylic oxidation sites excluding steroid dienone is 14. The van der Waals surface area contributed by atoms with Crippen molar-refractivity contribution in [2.24, 2.45) is 0 Å². The fourth-order valence-corrected chi connectivity index (χ4v) is 6.01. The molecule has 0 aliphatic heterocycles. The third kappa shape index (κ3) is 38.1. The predicted octanol–water partition coefficient (Wildman–Crippen LogP) is 11.2. The summed E-state index contributed by atoms with van der Waals surface area (Å²) in [7, 11) is 5.38. The summed E-state index contributed by atoms with van der Waals surface area (Å²) < 4.78 is 17.1. The van der Waals surface area contributed by atoms with E-state index in [1.54, 1.807) is 21.1 Å². The Kier molecular flexibility index (Phi) is 37.9. The van der Waals surface area contributed by atoms with Crippen molar-refractivity contribution in [3.8, 4) is 0 Å². The van der Waals surface area contributed by atoms with E-state index >= 15 is 0 Å². The number of aliphatic carboxylic acids is 1. The van der Waals surface area contributed by atoms with Crippen LogP contribution in [0.5, 0.6) is 0 Å². The molecule has 8 nitrogen and oxygen atoms in total. The molecule has 0 spiro atoms. The predicted molar refractivity (Wildman–Crippen MR) is 240 cm³/mol. The Bertz CT molecular complexity index is 1220. The molecule has 0 fully saturated rings. The first-order valence-electron chi connectivity index (χ1n) is 22.6. The third-order valence-electron chi connectivity index (χ3n) is 9.52. The van der Waals surface area contributed by atoms with Gasteiger partial charge in [0.1, 0.15) is 12.6 Å². The van der Waals surface area contributed by atoms with E-state index in [9.17, 15) is 19.5 Å². The van der Waals surface area contributed by atoms with E-state index in [0.717, 1.165) is 83.5 Å². The van der Waals surface area contributed by atoms with E-state index in [2.05, 4.69) is 98.9 Å². The maximum Gasteiger partial charge on any atom is 0.306 e. The zero-order valence-electron chi connectivity index (χ0n) is 37.4. The molecular formula is C50H83NO7. The number of carboxylic acids is 1. The average molecular weight is 810 g/mol. The molecule has 0 aromatic carbocycles. The van der Waals surface area contributed by atoms with E-state index in [4.69, 9.17) is 14.2 Å². The monoisotopic (exact) mass is 810 g/mol. The topological polar surface area (TPSA) is 102 Å². The summed E-state index contributed by atoms with van der Waals surface area (Å²) in [5.74, 6) is -1.82. The Morgan fingerprint density at radius 3 is 1.48 bits per heavy atom. The van der Waals surface area contributed by atoms with Crippen molar-refractivity contribution < 1.29 is 38.2 Å². The van der Waals surface area contributed by atoms with Gasteiger partial charge in [0.2, 0.25) is 0 Å². The number of carboxylic acid groups (broad SMARTS) is 1. The number of ether oxygens (including phenoxy) is 3. The normalized spacial score (nSPS) is 13.7. The second kappa shape index (κ2) is 40.3. The van der Waals surface area contributed by atoms with Gasteiger partial charge in [-0.1, -0.05) is 137 Å². The summed E-state index contributed by atoms with van der Waals surface area (Å²) in [6.07, 6.45) is 51.8. The number of hydrogen-bond acceptors (Lipinski definition) is 7. The lowest BCUT2D eigenvalue weighted by Crippen LogP contribution is -2.55. The van der Waals surface area contributed by atoms with Gasteiger partial charge in [-0.3, -0.25) is 9.59 Å². The van der Waals surface area contributed by atoms with Gasteiger partial charge in [0.15, 0.2) is 6.10 Å². The zero-order chi connectivity index (χ0) is 42.8. The SMILES string of the molecule is CC/C=C/C/C=C/C/C=C/C/C=C/C/C=C/C/C=C/CCCCC(=O)OCC(COCCC(C(=O)[O-])[N+](C)(C)C)OC(=O)CCCCC/C=C/CCCCCCCC. The molecule has 0 aliphatic rings. The zero-order valence-corrected chi connectivity index (χ0v) is 37.4. The number of carbonyl (C=O) groups is 3. The Balaban J connectivity index is 4.43. The average Bonchev–Trinajstić information content (AvgIpc) is 3.18. The number of nitrogens with zero attached hydrogens (tertiary/aromatic N) is 1. The van der Waals surface area contributed by atoms with Crippen LogP contribution >= 0.6 is 0 Å². The Hall–Kier alpha value is -3.49. The smallest absolute Gasteiger partial charge is 0.306 e. The standard InChI is InChI=1S/C50H83NO7/c1-6-8-10-12-14-16-18-20-21-22-23-24-25-26-27-29-30-32-34-36-38-40-48(52)57-45-46(44-56-43-42-47(50(54)55)51(3,4)5)58-49(53)41-39-37-35-33-31-28-19-17-15-13-11-9-7-2/h8,10,14,16,20-21,23-24,26-28,30-32,46-47H,6-7,9,11-13,15,17-19,22,25,29,33-45H2,1-5H3/b10-8+,16-14+,21-20+,24-23+,27-26+,31-28+,32-30+. The second-order valence-corrected chi connectivity index (χ2v) is 15.9. The van der Waals surface area contributed by atoms with Gasteiger partial charge in [0.25, 0.3) is 0 Å². The molecular weight excluding hydrogens is 727 g/mol. The molecule has 8 heteroatoms. The minimum atomic E-state index is -1.14. The Labute approximate surface area is 354 Å². The van der Waals surface area contributed by atoms with E-state index in [-0.39, 0.29) is 55.5 Å². The molecule has 0 N–H and O–H groups in total. The molecule has 58 heavy (non-hydrogen) atoms. The highest BCUT2D eigenvalue weighted by Gasteiger charge is 2.25. The number of rotatable bonds is 39. The number of unbranched alkanes of at least 4 members (excludes halogenated alkanes) is 11. The van der Waals surface area contributed by atoms with Crippen LogP contribution in [-0.2, 0) is 28.6 Å². The first-order valence-corrected chi connectivity index (χ1v) is 22.6. The van der Waals surface area contributed by atoms with Crippen LogP contribution in [0.25, 0.3) is 0 Å². The van der Waals surface area contributed by atoms with Crippen molar-refractivity contribution in [1.29, 1.82) is 0 Å². The number of carbonyl (C=O) groups excluding carboxylic acids is 3. The second-order valence-electron chi connectivity index (χ2n) is 15.9.